The average molecular weight is 486 g/mol. The minimum absolute atomic E-state index is 0.00560. The number of ether oxygens (including phenoxy) is 1. The second-order valence-corrected chi connectivity index (χ2v) is 9.34. The smallest absolute Gasteiger partial charge is 0.252 e. The molecule has 0 saturated carbocycles. The van der Waals surface area contributed by atoms with Crippen LogP contribution < -0.4 is 15.4 Å². The second kappa shape index (κ2) is 12.9. The van der Waals surface area contributed by atoms with Gasteiger partial charge in [0.25, 0.3) is 5.91 Å². The number of hydrogen-bond donors (Lipinski definition) is 2. The molecular weight excluding hydrogens is 450 g/mol. The zero-order valence-electron chi connectivity index (χ0n) is 21.0. The van der Waals surface area contributed by atoms with Gasteiger partial charge in [0.2, 0.25) is 5.91 Å². The predicted octanol–water partition coefficient (Wildman–Crippen LogP) is 4.61. The van der Waals surface area contributed by atoms with Crippen LogP contribution in [-0.4, -0.2) is 36.4 Å². The van der Waals surface area contributed by atoms with Gasteiger partial charge in [0.05, 0.1) is 13.2 Å². The fourth-order valence-corrected chi connectivity index (χ4v) is 4.37. The van der Waals surface area contributed by atoms with E-state index in [1.807, 2.05) is 67.6 Å². The number of nitrogens with one attached hydrogen (secondary N) is 2. The number of benzene rings is 3. The van der Waals surface area contributed by atoms with Crippen molar-refractivity contribution in [3.63, 3.8) is 0 Å². The summed E-state index contributed by atoms with van der Waals surface area (Å²) in [4.78, 5) is 28.2. The number of fused-ring (bicyclic) bond motifs is 1. The Balaban J connectivity index is 1.60. The zero-order valence-corrected chi connectivity index (χ0v) is 21.0. The van der Waals surface area contributed by atoms with Gasteiger partial charge in [-0.2, -0.15) is 0 Å². The van der Waals surface area contributed by atoms with Crippen LogP contribution in [0.2, 0.25) is 0 Å². The first-order chi connectivity index (χ1) is 17.6. The Bertz CT molecular complexity index is 1150. The van der Waals surface area contributed by atoms with Crippen LogP contribution in [-0.2, 0) is 24.4 Å². The lowest BCUT2D eigenvalue weighted by Crippen LogP contribution is -2.37. The average Bonchev–Trinajstić information content (AvgIpc) is 2.90. The maximum absolute atomic E-state index is 13.4. The maximum Gasteiger partial charge on any atom is 0.252 e. The SMILES string of the molecule is Cc1ccc(CNC(=O)c2cccc3c2CN(Cc2ccccc2)CC(=O)NCCCCCO3)cc1. The van der Waals surface area contributed by atoms with E-state index in [-0.39, 0.29) is 18.4 Å². The topological polar surface area (TPSA) is 70.7 Å². The highest BCUT2D eigenvalue weighted by Crippen LogP contribution is 2.26. The van der Waals surface area contributed by atoms with Gasteiger partial charge in [0.1, 0.15) is 5.75 Å². The van der Waals surface area contributed by atoms with Gasteiger partial charge in [-0.15, -0.1) is 0 Å². The minimum atomic E-state index is -0.149. The third-order valence-corrected chi connectivity index (χ3v) is 6.35. The normalized spacial score (nSPS) is 15.3. The number of nitrogens with zero attached hydrogens (tertiary/aromatic N) is 1. The molecule has 4 rings (SSSR count). The molecule has 0 radical (unpaired) electrons. The number of hydrogen-bond acceptors (Lipinski definition) is 4. The van der Waals surface area contributed by atoms with E-state index >= 15 is 0 Å². The third kappa shape index (κ3) is 7.43. The summed E-state index contributed by atoms with van der Waals surface area (Å²) in [6.07, 6.45) is 2.79. The molecule has 0 spiro atoms. The molecule has 2 amide bonds. The number of amides is 2. The van der Waals surface area contributed by atoms with E-state index in [9.17, 15) is 9.59 Å². The molecule has 1 aliphatic rings. The van der Waals surface area contributed by atoms with E-state index in [0.29, 0.717) is 44.1 Å². The number of carbonyl (C=O) groups is 2. The molecule has 0 aliphatic carbocycles. The molecule has 0 fully saturated rings. The van der Waals surface area contributed by atoms with Crippen molar-refractivity contribution in [2.75, 3.05) is 19.7 Å². The molecule has 1 aliphatic heterocycles. The van der Waals surface area contributed by atoms with Gasteiger partial charge in [-0.1, -0.05) is 66.2 Å². The first-order valence-electron chi connectivity index (χ1n) is 12.7. The molecule has 188 valence electrons. The monoisotopic (exact) mass is 485 g/mol. The summed E-state index contributed by atoms with van der Waals surface area (Å²) in [6, 6.07) is 23.8. The third-order valence-electron chi connectivity index (χ3n) is 6.35. The van der Waals surface area contributed by atoms with Crippen LogP contribution in [0.4, 0.5) is 0 Å². The van der Waals surface area contributed by atoms with Crippen molar-refractivity contribution in [1.29, 1.82) is 0 Å². The maximum atomic E-state index is 13.4. The molecule has 3 aromatic rings. The molecule has 6 heteroatoms. The van der Waals surface area contributed by atoms with Crippen molar-refractivity contribution in [3.05, 3.63) is 101 Å². The van der Waals surface area contributed by atoms with Crippen LogP contribution in [0.5, 0.6) is 5.75 Å². The summed E-state index contributed by atoms with van der Waals surface area (Å²) in [5, 5.41) is 6.10. The van der Waals surface area contributed by atoms with Crippen molar-refractivity contribution in [3.8, 4) is 5.75 Å². The Morgan fingerprint density at radius 3 is 2.53 bits per heavy atom. The van der Waals surface area contributed by atoms with Crippen molar-refractivity contribution in [1.82, 2.24) is 15.5 Å². The number of aryl methyl sites for hydroxylation is 1. The Kier molecular flexibility index (Phi) is 9.11. The van der Waals surface area contributed by atoms with Gasteiger partial charge in [-0.25, -0.2) is 0 Å². The van der Waals surface area contributed by atoms with Crippen molar-refractivity contribution >= 4 is 11.8 Å². The van der Waals surface area contributed by atoms with E-state index in [1.165, 1.54) is 5.56 Å². The summed E-state index contributed by atoms with van der Waals surface area (Å²) in [5.74, 6) is 0.550. The number of rotatable bonds is 5. The van der Waals surface area contributed by atoms with E-state index in [4.69, 9.17) is 4.74 Å². The highest BCUT2D eigenvalue weighted by atomic mass is 16.5. The van der Waals surface area contributed by atoms with E-state index in [2.05, 4.69) is 27.7 Å². The van der Waals surface area contributed by atoms with Gasteiger partial charge in [-0.3, -0.25) is 14.5 Å². The molecule has 0 atom stereocenters. The van der Waals surface area contributed by atoms with Gasteiger partial charge in [0.15, 0.2) is 0 Å². The Labute approximate surface area is 213 Å². The van der Waals surface area contributed by atoms with E-state index in [1.54, 1.807) is 0 Å². The second-order valence-electron chi connectivity index (χ2n) is 9.34. The fraction of sp³-hybridized carbons (Fsp3) is 0.333. The molecule has 0 bridgehead atoms. The van der Waals surface area contributed by atoms with Crippen LogP contribution in [0.3, 0.4) is 0 Å². The van der Waals surface area contributed by atoms with Gasteiger partial charge in [0, 0.05) is 37.3 Å². The molecule has 1 heterocycles. The molecule has 36 heavy (non-hydrogen) atoms. The van der Waals surface area contributed by atoms with E-state index in [0.717, 1.165) is 36.0 Å². The molecule has 6 nitrogen and oxygen atoms in total. The first kappa shape index (κ1) is 25.5. The summed E-state index contributed by atoms with van der Waals surface area (Å²) in [5.41, 5.74) is 4.72. The van der Waals surface area contributed by atoms with Crippen LogP contribution >= 0.6 is 0 Å². The molecule has 3 aromatic carbocycles. The Morgan fingerprint density at radius 2 is 1.72 bits per heavy atom. The highest BCUT2D eigenvalue weighted by molar-refractivity contribution is 5.96. The molecule has 0 saturated heterocycles. The van der Waals surface area contributed by atoms with Crippen LogP contribution in [0, 0.1) is 6.92 Å². The highest BCUT2D eigenvalue weighted by Gasteiger charge is 2.21. The van der Waals surface area contributed by atoms with E-state index < -0.39 is 0 Å². The fourth-order valence-electron chi connectivity index (χ4n) is 4.37. The van der Waals surface area contributed by atoms with Crippen LogP contribution in [0.15, 0.2) is 72.8 Å². The molecule has 0 unspecified atom stereocenters. The van der Waals surface area contributed by atoms with Gasteiger partial charge < -0.3 is 15.4 Å². The minimum Gasteiger partial charge on any atom is -0.493 e. The summed E-state index contributed by atoms with van der Waals surface area (Å²) < 4.78 is 6.18. The lowest BCUT2D eigenvalue weighted by Gasteiger charge is -2.25. The Morgan fingerprint density at radius 1 is 0.917 bits per heavy atom. The Hall–Kier alpha value is -3.64. The summed E-state index contributed by atoms with van der Waals surface area (Å²) >= 11 is 0. The van der Waals surface area contributed by atoms with Gasteiger partial charge in [-0.05, 0) is 49.4 Å². The van der Waals surface area contributed by atoms with Gasteiger partial charge >= 0.3 is 0 Å². The lowest BCUT2D eigenvalue weighted by atomic mass is 10.0. The largest absolute Gasteiger partial charge is 0.493 e. The van der Waals surface area contributed by atoms with Crippen molar-refractivity contribution in [2.24, 2.45) is 0 Å². The molecular formula is C30H35N3O3. The van der Waals surface area contributed by atoms with Crippen molar-refractivity contribution in [2.45, 2.75) is 45.8 Å². The van der Waals surface area contributed by atoms with Crippen LogP contribution in [0.25, 0.3) is 0 Å². The molecule has 2 N–H and O–H groups in total. The number of carbonyl (C=O) groups excluding carboxylic acids is 2. The van der Waals surface area contributed by atoms with Crippen molar-refractivity contribution < 1.29 is 14.3 Å². The molecule has 0 aromatic heterocycles. The quantitative estimate of drug-likeness (QED) is 0.554. The zero-order chi connectivity index (χ0) is 25.2. The standard InChI is InChI=1S/C30H35N3O3/c1-23-13-15-24(16-14-23)19-32-30(35)26-11-8-12-28-27(26)21-33(20-25-9-4-2-5-10-25)22-29(34)31-17-6-3-7-18-36-28/h2,4-5,8-16H,3,6-7,17-22H2,1H3,(H,31,34)(H,32,35). The summed E-state index contributed by atoms with van der Waals surface area (Å²) in [7, 11) is 0. The lowest BCUT2D eigenvalue weighted by molar-refractivity contribution is -0.122. The predicted molar refractivity (Wildman–Crippen MR) is 142 cm³/mol. The first-order valence-corrected chi connectivity index (χ1v) is 12.7. The summed E-state index contributed by atoms with van der Waals surface area (Å²) in [6.45, 7) is 4.99. The van der Waals surface area contributed by atoms with Crippen LogP contribution in [0.1, 0.15) is 51.9 Å².